The van der Waals surface area contributed by atoms with E-state index >= 15 is 0 Å². The van der Waals surface area contributed by atoms with Crippen LogP contribution < -0.4 is 16.0 Å². The van der Waals surface area contributed by atoms with Crippen molar-refractivity contribution in [3.05, 3.63) is 30.0 Å². The van der Waals surface area contributed by atoms with Crippen LogP contribution in [0.15, 0.2) is 24.4 Å². The molecule has 3 aliphatic rings. The quantitative estimate of drug-likeness (QED) is 0.367. The highest BCUT2D eigenvalue weighted by Gasteiger charge is 2.32. The van der Waals surface area contributed by atoms with Gasteiger partial charge in [0.15, 0.2) is 11.5 Å². The average Bonchev–Trinajstić information content (AvgIpc) is 3.59. The summed E-state index contributed by atoms with van der Waals surface area (Å²) in [5.74, 6) is 1.97. The van der Waals surface area contributed by atoms with Crippen LogP contribution in [0.1, 0.15) is 71.3 Å². The number of aromatic nitrogens is 3. The Hall–Kier alpha value is -3.38. The second kappa shape index (κ2) is 13.7. The summed E-state index contributed by atoms with van der Waals surface area (Å²) in [4.78, 5) is 35.9. The largest absolute Gasteiger partial charge is 0.444 e. The number of amides is 2. The molecule has 0 bridgehead atoms. The van der Waals surface area contributed by atoms with Gasteiger partial charge in [0, 0.05) is 74.6 Å². The fourth-order valence-electron chi connectivity index (χ4n) is 6.33. The van der Waals surface area contributed by atoms with Gasteiger partial charge in [0.2, 0.25) is 5.91 Å². The Bertz CT molecular complexity index is 1330. The standard InChI is InChI=1S/C32H51N9O3/c1-22(2)28-29(36-23-11-14-32(3,4)34-19-23)37-41-26(12-15-33-30(28)41)35-24-9-7-17-40(20-24)31(43)44-25-13-18-39(21-25)27(42)10-8-16-38(5)6/h8,10,12,15,22-25,34-35H,7,9,11,13-14,16-21H2,1-6H3,(H,36,37)/b10-8+/t23-,24?,25?/m0/s1. The summed E-state index contributed by atoms with van der Waals surface area (Å²) in [5.41, 5.74) is 2.13. The number of piperidine rings is 2. The van der Waals surface area contributed by atoms with Gasteiger partial charge < -0.3 is 35.4 Å². The molecule has 3 aliphatic heterocycles. The molecule has 2 unspecified atom stereocenters. The van der Waals surface area contributed by atoms with Crippen LogP contribution >= 0.6 is 0 Å². The molecule has 44 heavy (non-hydrogen) atoms. The minimum atomic E-state index is -0.309. The molecule has 2 amide bonds. The Morgan fingerprint density at radius 3 is 2.68 bits per heavy atom. The number of anilines is 2. The van der Waals surface area contributed by atoms with Crippen molar-refractivity contribution in [2.45, 2.75) is 89.4 Å². The first-order valence-electron chi connectivity index (χ1n) is 16.2. The smallest absolute Gasteiger partial charge is 0.410 e. The van der Waals surface area contributed by atoms with Gasteiger partial charge in [0.1, 0.15) is 11.9 Å². The lowest BCUT2D eigenvalue weighted by Crippen LogP contribution is -2.50. The molecule has 0 spiro atoms. The van der Waals surface area contributed by atoms with Crippen molar-refractivity contribution in [2.75, 3.05) is 64.0 Å². The third-order valence-electron chi connectivity index (χ3n) is 8.90. The monoisotopic (exact) mass is 609 g/mol. The fraction of sp³-hybridized carbons (Fsp3) is 0.688. The van der Waals surface area contributed by atoms with Gasteiger partial charge in [0.25, 0.3) is 0 Å². The third kappa shape index (κ3) is 7.82. The summed E-state index contributed by atoms with van der Waals surface area (Å²) in [6.45, 7) is 12.7. The van der Waals surface area contributed by atoms with E-state index in [0.717, 1.165) is 55.1 Å². The van der Waals surface area contributed by atoms with E-state index in [1.54, 1.807) is 15.9 Å². The lowest BCUT2D eigenvalue weighted by molar-refractivity contribution is -0.125. The van der Waals surface area contributed by atoms with Gasteiger partial charge in [-0.2, -0.15) is 4.52 Å². The minimum Gasteiger partial charge on any atom is -0.444 e. The van der Waals surface area contributed by atoms with Crippen molar-refractivity contribution in [1.29, 1.82) is 0 Å². The zero-order chi connectivity index (χ0) is 31.4. The molecule has 3 N–H and O–H groups in total. The van der Waals surface area contributed by atoms with Gasteiger partial charge in [-0.3, -0.25) is 4.79 Å². The molecule has 5 rings (SSSR count). The molecule has 12 heteroatoms. The second-order valence-electron chi connectivity index (χ2n) is 13.8. The maximum absolute atomic E-state index is 13.2. The molecular weight excluding hydrogens is 558 g/mol. The second-order valence-corrected chi connectivity index (χ2v) is 13.8. The van der Waals surface area contributed by atoms with E-state index in [4.69, 9.17) is 14.8 Å². The van der Waals surface area contributed by atoms with Crippen LogP contribution in [0.4, 0.5) is 16.4 Å². The lowest BCUT2D eigenvalue weighted by Gasteiger charge is -2.36. The van der Waals surface area contributed by atoms with Crippen LogP contribution in [-0.4, -0.2) is 118 Å². The first-order chi connectivity index (χ1) is 21.0. The van der Waals surface area contributed by atoms with Crippen LogP contribution in [0.3, 0.4) is 0 Å². The lowest BCUT2D eigenvalue weighted by atomic mass is 9.90. The zero-order valence-corrected chi connectivity index (χ0v) is 27.3. The highest BCUT2D eigenvalue weighted by Crippen LogP contribution is 2.31. The van der Waals surface area contributed by atoms with Gasteiger partial charge in [0.05, 0.1) is 6.54 Å². The van der Waals surface area contributed by atoms with E-state index in [9.17, 15) is 9.59 Å². The highest BCUT2D eigenvalue weighted by atomic mass is 16.6. The highest BCUT2D eigenvalue weighted by molar-refractivity contribution is 5.87. The van der Waals surface area contributed by atoms with Crippen LogP contribution in [0.2, 0.25) is 0 Å². The summed E-state index contributed by atoms with van der Waals surface area (Å²) in [6.07, 6.45) is 9.37. The maximum atomic E-state index is 13.2. The van der Waals surface area contributed by atoms with Gasteiger partial charge in [-0.15, -0.1) is 5.10 Å². The topological polar surface area (TPSA) is 119 Å². The van der Waals surface area contributed by atoms with Crippen molar-refractivity contribution in [3.63, 3.8) is 0 Å². The molecule has 2 aromatic rings. The summed E-state index contributed by atoms with van der Waals surface area (Å²) in [5, 5.41) is 16.0. The molecule has 0 radical (unpaired) electrons. The van der Waals surface area contributed by atoms with E-state index in [1.165, 1.54) is 0 Å². The molecular formula is C32H51N9O3. The summed E-state index contributed by atoms with van der Waals surface area (Å²) in [6, 6.07) is 2.31. The van der Waals surface area contributed by atoms with Crippen LogP contribution in [0.5, 0.6) is 0 Å². The Morgan fingerprint density at radius 2 is 1.95 bits per heavy atom. The normalized spacial score (nSPS) is 24.0. The number of nitrogens with zero attached hydrogens (tertiary/aromatic N) is 6. The summed E-state index contributed by atoms with van der Waals surface area (Å²) < 4.78 is 7.77. The average molecular weight is 610 g/mol. The van der Waals surface area contributed by atoms with Gasteiger partial charge >= 0.3 is 6.09 Å². The van der Waals surface area contributed by atoms with E-state index < -0.39 is 0 Å². The maximum Gasteiger partial charge on any atom is 0.410 e. The Balaban J connectivity index is 1.20. The molecule has 0 aromatic carbocycles. The summed E-state index contributed by atoms with van der Waals surface area (Å²) in [7, 11) is 3.92. The van der Waals surface area contributed by atoms with Crippen molar-refractivity contribution < 1.29 is 14.3 Å². The van der Waals surface area contributed by atoms with Gasteiger partial charge in [-0.25, -0.2) is 9.78 Å². The minimum absolute atomic E-state index is 0.0340. The van der Waals surface area contributed by atoms with Crippen LogP contribution in [0, 0.1) is 0 Å². The SMILES string of the molecule is CC(C)c1c(N[C@H]2CCC(C)(C)NC2)nn2c(NC3CCCN(C(=O)OC4CCN(C(=O)/C=C/CN(C)C)C4)C3)ccnc12. The van der Waals surface area contributed by atoms with Crippen molar-refractivity contribution in [3.8, 4) is 0 Å². The number of carbonyl (C=O) groups excluding carboxylic acids is 2. The molecule has 0 aliphatic carbocycles. The molecule has 3 saturated heterocycles. The van der Waals surface area contributed by atoms with E-state index in [0.29, 0.717) is 45.2 Å². The number of ether oxygens (including phenoxy) is 1. The Kier molecular flexibility index (Phi) is 9.99. The predicted molar refractivity (Wildman–Crippen MR) is 173 cm³/mol. The van der Waals surface area contributed by atoms with E-state index in [-0.39, 0.29) is 35.6 Å². The van der Waals surface area contributed by atoms with Crippen molar-refractivity contribution >= 4 is 29.3 Å². The number of hydrogen-bond acceptors (Lipinski definition) is 9. The van der Waals surface area contributed by atoms with Crippen molar-refractivity contribution in [2.24, 2.45) is 0 Å². The number of hydrogen-bond donors (Lipinski definition) is 3. The first-order valence-corrected chi connectivity index (χ1v) is 16.2. The van der Waals surface area contributed by atoms with Crippen LogP contribution in [-0.2, 0) is 9.53 Å². The zero-order valence-electron chi connectivity index (χ0n) is 27.3. The Morgan fingerprint density at radius 1 is 1.14 bits per heavy atom. The predicted octanol–water partition coefficient (Wildman–Crippen LogP) is 3.53. The number of likely N-dealkylation sites (tertiary alicyclic amines) is 2. The molecule has 2 aromatic heterocycles. The molecule has 5 heterocycles. The number of fused-ring (bicyclic) bond motifs is 1. The summed E-state index contributed by atoms with van der Waals surface area (Å²) >= 11 is 0. The third-order valence-corrected chi connectivity index (χ3v) is 8.90. The van der Waals surface area contributed by atoms with Crippen molar-refractivity contribution in [1.82, 2.24) is 34.6 Å². The fourth-order valence-corrected chi connectivity index (χ4v) is 6.33. The molecule has 3 fully saturated rings. The number of carbonyl (C=O) groups is 2. The van der Waals surface area contributed by atoms with E-state index in [2.05, 4.69) is 43.6 Å². The molecule has 242 valence electrons. The first kappa shape index (κ1) is 32.0. The van der Waals surface area contributed by atoms with Gasteiger partial charge in [-0.05, 0) is 65.6 Å². The number of rotatable bonds is 9. The van der Waals surface area contributed by atoms with Gasteiger partial charge in [-0.1, -0.05) is 19.9 Å². The molecule has 0 saturated carbocycles. The molecule has 3 atom stereocenters. The Labute approximate surface area is 261 Å². The number of nitrogens with one attached hydrogen (secondary N) is 3. The van der Waals surface area contributed by atoms with E-state index in [1.807, 2.05) is 41.8 Å². The molecule has 12 nitrogen and oxygen atoms in total. The van der Waals surface area contributed by atoms with Crippen LogP contribution in [0.25, 0.3) is 5.65 Å². The number of likely N-dealkylation sites (N-methyl/N-ethyl adjacent to an activating group) is 1.